The summed E-state index contributed by atoms with van der Waals surface area (Å²) in [7, 11) is 1.71. The lowest BCUT2D eigenvalue weighted by molar-refractivity contribution is 0.929. The number of nitrogens with zero attached hydrogens (tertiary/aromatic N) is 2. The first-order valence-electron chi connectivity index (χ1n) is 2.26. The van der Waals surface area contributed by atoms with Crippen LogP contribution in [0.25, 0.3) is 0 Å². The third kappa shape index (κ3) is 2.02. The first-order chi connectivity index (χ1) is 3.72. The summed E-state index contributed by atoms with van der Waals surface area (Å²) >= 11 is 3.99. The van der Waals surface area contributed by atoms with Crippen LogP contribution >= 0.6 is 12.8 Å². The third-order valence-corrected chi connectivity index (χ3v) is 1.28. The lowest BCUT2D eigenvalue weighted by atomic mass is 10.7. The van der Waals surface area contributed by atoms with Crippen LogP contribution in [-0.4, -0.2) is 17.2 Å². The molecule has 0 N–H and O–H groups in total. The molecule has 0 saturated heterocycles. The van der Waals surface area contributed by atoms with Gasteiger partial charge in [-0.25, -0.2) is 0 Å². The highest BCUT2D eigenvalue weighted by Crippen LogP contribution is 1.93. The maximum Gasteiger partial charge on any atom is 0.109 e. The zero-order chi connectivity index (χ0) is 6.57. The van der Waals surface area contributed by atoms with Crippen molar-refractivity contribution in [3.8, 4) is 0 Å². The largest absolute Gasteiger partial charge is 0.283 e. The molecular formula is C5H10N2S. The Bertz CT molecular complexity index is 109. The fraction of sp³-hybridized carbons (Fsp3) is 0.400. The summed E-state index contributed by atoms with van der Waals surface area (Å²) in [5, 5.41) is 0. The van der Waals surface area contributed by atoms with Gasteiger partial charge in [-0.1, -0.05) is 19.4 Å². The van der Waals surface area contributed by atoms with Gasteiger partial charge in [0.05, 0.1) is 0 Å². The van der Waals surface area contributed by atoms with Crippen LogP contribution < -0.4 is 0 Å². The van der Waals surface area contributed by atoms with Gasteiger partial charge in [0.2, 0.25) is 0 Å². The number of rotatable bonds is 1. The lowest BCUT2D eigenvalue weighted by Crippen LogP contribution is -2.10. The van der Waals surface area contributed by atoms with E-state index in [9.17, 15) is 0 Å². The van der Waals surface area contributed by atoms with Crippen LogP contribution in [-0.2, 0) is 0 Å². The number of amidine groups is 1. The minimum absolute atomic E-state index is 0.836. The van der Waals surface area contributed by atoms with E-state index in [1.54, 1.807) is 17.6 Å². The van der Waals surface area contributed by atoms with E-state index in [4.69, 9.17) is 0 Å². The lowest BCUT2D eigenvalue weighted by Gasteiger charge is -2.08. The van der Waals surface area contributed by atoms with E-state index in [-0.39, 0.29) is 0 Å². The topological polar surface area (TPSA) is 15.6 Å². The van der Waals surface area contributed by atoms with Crippen molar-refractivity contribution in [2.24, 2.45) is 4.99 Å². The molecule has 0 aliphatic carbocycles. The van der Waals surface area contributed by atoms with Gasteiger partial charge in [-0.2, -0.15) is 0 Å². The summed E-state index contributed by atoms with van der Waals surface area (Å²) in [6.45, 7) is 5.35. The fourth-order valence-corrected chi connectivity index (χ4v) is 0.324. The Hall–Kier alpha value is -0.440. The van der Waals surface area contributed by atoms with Gasteiger partial charge in [-0.15, -0.1) is 0 Å². The molecule has 0 fully saturated rings. The molecule has 0 aliphatic heterocycles. The van der Waals surface area contributed by atoms with Crippen LogP contribution in [0.2, 0.25) is 0 Å². The summed E-state index contributed by atoms with van der Waals surface area (Å²) in [5.74, 6) is 0.836. The third-order valence-electron chi connectivity index (χ3n) is 0.828. The second-order valence-electron chi connectivity index (χ2n) is 1.30. The molecule has 3 heteroatoms. The average molecular weight is 130 g/mol. The summed E-state index contributed by atoms with van der Waals surface area (Å²) in [4.78, 5) is 3.85. The Morgan fingerprint density at radius 2 is 2.38 bits per heavy atom. The second-order valence-corrected chi connectivity index (χ2v) is 1.73. The minimum atomic E-state index is 0.836. The highest BCUT2D eigenvalue weighted by Gasteiger charge is 1.90. The molecule has 0 aromatic carbocycles. The van der Waals surface area contributed by atoms with Gasteiger partial charge in [0, 0.05) is 13.2 Å². The standard InChI is InChI=1S/C5H10N2S/c1-4-7(8)5(2)6-3/h4,8H,1H2,2-3H3. The molecule has 0 atom stereocenters. The molecule has 2 nitrogen and oxygen atoms in total. The van der Waals surface area contributed by atoms with Crippen molar-refractivity contribution in [1.29, 1.82) is 0 Å². The molecule has 46 valence electrons. The van der Waals surface area contributed by atoms with Crippen LogP contribution in [0.1, 0.15) is 6.92 Å². The molecule has 0 aromatic rings. The van der Waals surface area contributed by atoms with Gasteiger partial charge < -0.3 is 0 Å². The van der Waals surface area contributed by atoms with Gasteiger partial charge in [-0.3, -0.25) is 9.30 Å². The average Bonchev–Trinajstić information content (AvgIpc) is 1.84. The summed E-state index contributed by atoms with van der Waals surface area (Å²) in [5.41, 5.74) is 0. The molecule has 0 unspecified atom stereocenters. The number of hydrogen-bond acceptors (Lipinski definition) is 2. The van der Waals surface area contributed by atoms with Crippen LogP contribution in [0, 0.1) is 0 Å². The molecule has 0 bridgehead atoms. The van der Waals surface area contributed by atoms with E-state index in [0.29, 0.717) is 0 Å². The van der Waals surface area contributed by atoms with E-state index < -0.39 is 0 Å². The van der Waals surface area contributed by atoms with E-state index in [2.05, 4.69) is 24.4 Å². The molecule has 0 spiro atoms. The highest BCUT2D eigenvalue weighted by molar-refractivity contribution is 7.78. The van der Waals surface area contributed by atoms with Crippen molar-refractivity contribution >= 4 is 18.7 Å². The Morgan fingerprint density at radius 3 is 2.50 bits per heavy atom. The van der Waals surface area contributed by atoms with Gasteiger partial charge >= 0.3 is 0 Å². The predicted molar refractivity (Wildman–Crippen MR) is 40.1 cm³/mol. The zero-order valence-electron chi connectivity index (χ0n) is 5.13. The van der Waals surface area contributed by atoms with E-state index in [0.717, 1.165) is 5.84 Å². The highest BCUT2D eigenvalue weighted by atomic mass is 32.1. The summed E-state index contributed by atoms with van der Waals surface area (Å²) < 4.78 is 1.56. The molecule has 8 heavy (non-hydrogen) atoms. The van der Waals surface area contributed by atoms with E-state index in [1.165, 1.54) is 0 Å². The minimum Gasteiger partial charge on any atom is -0.283 e. The molecule has 0 aliphatic rings. The number of aliphatic imine (C=N–C) groups is 1. The maximum absolute atomic E-state index is 3.99. The van der Waals surface area contributed by atoms with Crippen molar-refractivity contribution in [2.45, 2.75) is 6.92 Å². The first-order valence-corrected chi connectivity index (χ1v) is 2.66. The van der Waals surface area contributed by atoms with Crippen molar-refractivity contribution in [3.63, 3.8) is 0 Å². The van der Waals surface area contributed by atoms with Gasteiger partial charge in [0.1, 0.15) is 5.84 Å². The van der Waals surface area contributed by atoms with E-state index in [1.807, 2.05) is 6.92 Å². The molecule has 0 radical (unpaired) electrons. The Kier molecular flexibility index (Phi) is 3.35. The van der Waals surface area contributed by atoms with E-state index >= 15 is 0 Å². The fourth-order valence-electron chi connectivity index (χ4n) is 0.235. The van der Waals surface area contributed by atoms with Gasteiger partial charge in [0.25, 0.3) is 0 Å². The van der Waals surface area contributed by atoms with Crippen molar-refractivity contribution in [2.75, 3.05) is 7.05 Å². The van der Waals surface area contributed by atoms with Gasteiger partial charge in [-0.05, 0) is 6.92 Å². The summed E-state index contributed by atoms with van der Waals surface area (Å²) in [6, 6.07) is 0. The van der Waals surface area contributed by atoms with Crippen LogP contribution in [0.3, 0.4) is 0 Å². The van der Waals surface area contributed by atoms with Crippen LogP contribution in [0.5, 0.6) is 0 Å². The molecule has 0 amide bonds. The molecule has 0 heterocycles. The first kappa shape index (κ1) is 7.56. The number of thiol groups is 1. The van der Waals surface area contributed by atoms with Crippen molar-refractivity contribution in [1.82, 2.24) is 4.31 Å². The summed E-state index contributed by atoms with van der Waals surface area (Å²) in [6.07, 6.45) is 1.59. The Balaban J connectivity index is 3.81. The molecule has 0 saturated carbocycles. The quantitative estimate of drug-likeness (QED) is 0.321. The smallest absolute Gasteiger partial charge is 0.109 e. The number of hydrogen-bond donors (Lipinski definition) is 1. The van der Waals surface area contributed by atoms with Crippen LogP contribution in [0.15, 0.2) is 17.8 Å². The molecule has 0 rings (SSSR count). The van der Waals surface area contributed by atoms with Gasteiger partial charge in [0.15, 0.2) is 0 Å². The molecule has 0 aromatic heterocycles. The SMILES string of the molecule is C=CN(S)C(C)=NC. The Labute approximate surface area is 55.5 Å². The monoisotopic (exact) mass is 130 g/mol. The predicted octanol–water partition coefficient (Wildman–Crippen LogP) is 1.32. The molecular weight excluding hydrogens is 120 g/mol. The van der Waals surface area contributed by atoms with Crippen molar-refractivity contribution in [3.05, 3.63) is 12.8 Å². The maximum atomic E-state index is 3.99. The van der Waals surface area contributed by atoms with Crippen molar-refractivity contribution < 1.29 is 0 Å². The second kappa shape index (κ2) is 3.55. The normalized spacial score (nSPS) is 11.1. The Morgan fingerprint density at radius 1 is 1.88 bits per heavy atom. The van der Waals surface area contributed by atoms with Crippen LogP contribution in [0.4, 0.5) is 0 Å². The zero-order valence-corrected chi connectivity index (χ0v) is 6.02.